The van der Waals surface area contributed by atoms with E-state index in [4.69, 9.17) is 0 Å². The Bertz CT molecular complexity index is 649. The van der Waals surface area contributed by atoms with Gasteiger partial charge in [-0.25, -0.2) is 4.79 Å². The molecule has 2 amide bonds. The van der Waals surface area contributed by atoms with Gasteiger partial charge in [0, 0.05) is 16.8 Å². The van der Waals surface area contributed by atoms with E-state index in [2.05, 4.69) is 22.8 Å². The lowest BCUT2D eigenvalue weighted by Gasteiger charge is -2.23. The zero-order chi connectivity index (χ0) is 16.3. The summed E-state index contributed by atoms with van der Waals surface area (Å²) in [5.74, 6) is 0. The van der Waals surface area contributed by atoms with Gasteiger partial charge in [-0.05, 0) is 36.8 Å². The van der Waals surface area contributed by atoms with Crippen molar-refractivity contribution >= 4 is 17.4 Å². The van der Waals surface area contributed by atoms with Crippen LogP contribution in [0, 0.1) is 0 Å². The molecule has 1 atom stereocenters. The Morgan fingerprint density at radius 2 is 1.96 bits per heavy atom. The second kappa shape index (κ2) is 6.34. The summed E-state index contributed by atoms with van der Waals surface area (Å²) < 4.78 is 0. The van der Waals surface area contributed by atoms with Crippen LogP contribution in [0.1, 0.15) is 30.2 Å². The molecule has 1 fully saturated rings. The van der Waals surface area contributed by atoms with Crippen molar-refractivity contribution in [2.45, 2.75) is 30.8 Å². The lowest BCUT2D eigenvalue weighted by atomic mass is 9.96. The van der Waals surface area contributed by atoms with Gasteiger partial charge in [-0.15, -0.1) is 11.3 Å². The fraction of sp³-hybridized carbons (Fsp3) is 0.389. The molecule has 23 heavy (non-hydrogen) atoms. The van der Waals surface area contributed by atoms with Crippen LogP contribution in [0.3, 0.4) is 0 Å². The van der Waals surface area contributed by atoms with E-state index < -0.39 is 5.60 Å². The summed E-state index contributed by atoms with van der Waals surface area (Å²) in [6.45, 7) is 2.53. The number of carbonyl (C=O) groups is 1. The van der Waals surface area contributed by atoms with Crippen molar-refractivity contribution in [1.29, 1.82) is 0 Å². The minimum Gasteiger partial charge on any atom is -0.383 e. The summed E-state index contributed by atoms with van der Waals surface area (Å²) in [4.78, 5) is 12.9. The molecule has 0 spiro atoms. The molecular formula is C18H22N2O2S. The average Bonchev–Trinajstić information content (AvgIpc) is 3.14. The summed E-state index contributed by atoms with van der Waals surface area (Å²) >= 11 is 1.48. The summed E-state index contributed by atoms with van der Waals surface area (Å²) in [6.07, 6.45) is 2.20. The molecule has 1 unspecified atom stereocenters. The van der Waals surface area contributed by atoms with Gasteiger partial charge in [0.2, 0.25) is 0 Å². The molecule has 1 heterocycles. The Hall–Kier alpha value is -1.85. The predicted octanol–water partition coefficient (Wildman–Crippen LogP) is 2.99. The van der Waals surface area contributed by atoms with Gasteiger partial charge in [0.15, 0.2) is 0 Å². The van der Waals surface area contributed by atoms with Crippen molar-refractivity contribution in [3.63, 3.8) is 0 Å². The maximum absolute atomic E-state index is 12.0. The van der Waals surface area contributed by atoms with Crippen LogP contribution < -0.4 is 10.6 Å². The van der Waals surface area contributed by atoms with Crippen LogP contribution in [0.25, 0.3) is 0 Å². The molecule has 5 heteroatoms. The summed E-state index contributed by atoms with van der Waals surface area (Å²) in [7, 11) is 0. The molecule has 1 aromatic carbocycles. The predicted molar refractivity (Wildman–Crippen MR) is 92.6 cm³/mol. The van der Waals surface area contributed by atoms with Gasteiger partial charge in [-0.1, -0.05) is 36.4 Å². The van der Waals surface area contributed by atoms with Crippen molar-refractivity contribution in [1.82, 2.24) is 10.6 Å². The highest BCUT2D eigenvalue weighted by molar-refractivity contribution is 7.10. The molecule has 122 valence electrons. The second-order valence-electron chi connectivity index (χ2n) is 6.43. The molecule has 1 aliphatic carbocycles. The molecule has 1 aromatic heterocycles. The quantitative estimate of drug-likeness (QED) is 0.762. The van der Waals surface area contributed by atoms with Crippen molar-refractivity contribution < 1.29 is 9.90 Å². The maximum atomic E-state index is 12.0. The van der Waals surface area contributed by atoms with Gasteiger partial charge in [0.05, 0.1) is 6.54 Å². The molecule has 0 bridgehead atoms. The Morgan fingerprint density at radius 1 is 1.22 bits per heavy atom. The number of nitrogens with one attached hydrogen (secondary N) is 2. The number of rotatable bonds is 6. The summed E-state index contributed by atoms with van der Waals surface area (Å²) in [6, 6.07) is 13.9. The van der Waals surface area contributed by atoms with Crippen LogP contribution in [0.15, 0.2) is 47.8 Å². The smallest absolute Gasteiger partial charge is 0.314 e. The van der Waals surface area contributed by atoms with E-state index in [1.165, 1.54) is 16.9 Å². The van der Waals surface area contributed by atoms with Crippen molar-refractivity contribution in [3.05, 3.63) is 58.3 Å². The van der Waals surface area contributed by atoms with Crippen molar-refractivity contribution in [3.8, 4) is 0 Å². The second-order valence-corrected chi connectivity index (χ2v) is 7.38. The molecule has 2 aromatic rings. The first kappa shape index (κ1) is 16.0. The highest BCUT2D eigenvalue weighted by atomic mass is 32.1. The number of benzene rings is 1. The number of urea groups is 1. The normalized spacial score (nSPS) is 18.0. The SMILES string of the molecule is CC(O)(CNC(=O)NCC1(c2ccccc2)CC1)c1cccs1. The molecule has 0 aliphatic heterocycles. The molecule has 4 nitrogen and oxygen atoms in total. The monoisotopic (exact) mass is 330 g/mol. The fourth-order valence-electron chi connectivity index (χ4n) is 2.75. The van der Waals surface area contributed by atoms with Crippen LogP contribution in [0.4, 0.5) is 4.79 Å². The third-order valence-corrected chi connectivity index (χ3v) is 5.60. The standard InChI is InChI=1S/C18H22N2O2S/c1-17(22,15-8-5-11-23-15)12-19-16(21)20-13-18(9-10-18)14-6-3-2-4-7-14/h2-8,11,22H,9-10,12-13H2,1H3,(H2,19,20,21). The lowest BCUT2D eigenvalue weighted by molar-refractivity contribution is 0.0631. The number of hydrogen-bond donors (Lipinski definition) is 3. The van der Waals surface area contributed by atoms with Gasteiger partial charge in [0.25, 0.3) is 0 Å². The number of carbonyl (C=O) groups excluding carboxylic acids is 1. The van der Waals surface area contributed by atoms with Gasteiger partial charge < -0.3 is 15.7 Å². The number of aliphatic hydroxyl groups is 1. The van der Waals surface area contributed by atoms with Crippen molar-refractivity contribution in [2.24, 2.45) is 0 Å². The highest BCUT2D eigenvalue weighted by Gasteiger charge is 2.44. The average molecular weight is 330 g/mol. The van der Waals surface area contributed by atoms with Crippen LogP contribution in [-0.2, 0) is 11.0 Å². The van der Waals surface area contributed by atoms with E-state index in [1.54, 1.807) is 6.92 Å². The third-order valence-electron chi connectivity index (χ3n) is 4.47. The van der Waals surface area contributed by atoms with Gasteiger partial charge in [-0.2, -0.15) is 0 Å². The van der Waals surface area contributed by atoms with Gasteiger partial charge in [0.1, 0.15) is 5.60 Å². The zero-order valence-electron chi connectivity index (χ0n) is 13.2. The Labute approximate surface area is 140 Å². The first-order valence-corrected chi connectivity index (χ1v) is 8.73. The number of thiophene rings is 1. The number of hydrogen-bond acceptors (Lipinski definition) is 3. The fourth-order valence-corrected chi connectivity index (χ4v) is 3.53. The van der Waals surface area contributed by atoms with E-state index >= 15 is 0 Å². The minimum atomic E-state index is -1.04. The molecule has 0 radical (unpaired) electrons. The van der Waals surface area contributed by atoms with E-state index in [-0.39, 0.29) is 18.0 Å². The van der Waals surface area contributed by atoms with E-state index in [0.717, 1.165) is 17.7 Å². The first-order chi connectivity index (χ1) is 11.0. The van der Waals surface area contributed by atoms with Gasteiger partial charge >= 0.3 is 6.03 Å². The molecular weight excluding hydrogens is 308 g/mol. The highest BCUT2D eigenvalue weighted by Crippen LogP contribution is 2.47. The minimum absolute atomic E-state index is 0.0921. The molecule has 3 N–H and O–H groups in total. The molecule has 0 saturated heterocycles. The zero-order valence-corrected chi connectivity index (χ0v) is 14.0. The van der Waals surface area contributed by atoms with Crippen LogP contribution in [0.5, 0.6) is 0 Å². The Morgan fingerprint density at radius 3 is 2.57 bits per heavy atom. The van der Waals surface area contributed by atoms with Crippen molar-refractivity contribution in [2.75, 3.05) is 13.1 Å². The summed E-state index contributed by atoms with van der Waals surface area (Å²) in [5.41, 5.74) is 0.336. The lowest BCUT2D eigenvalue weighted by Crippen LogP contribution is -2.45. The van der Waals surface area contributed by atoms with Crippen LogP contribution in [-0.4, -0.2) is 24.2 Å². The molecule has 3 rings (SSSR count). The molecule has 1 saturated carbocycles. The van der Waals surface area contributed by atoms with E-state index in [9.17, 15) is 9.90 Å². The Balaban J connectivity index is 1.49. The topological polar surface area (TPSA) is 61.4 Å². The number of amides is 2. The first-order valence-electron chi connectivity index (χ1n) is 7.85. The van der Waals surface area contributed by atoms with Crippen LogP contribution in [0.2, 0.25) is 0 Å². The largest absolute Gasteiger partial charge is 0.383 e. The van der Waals surface area contributed by atoms with Crippen LogP contribution >= 0.6 is 11.3 Å². The Kier molecular flexibility index (Phi) is 4.41. The maximum Gasteiger partial charge on any atom is 0.314 e. The molecule has 1 aliphatic rings. The van der Waals surface area contributed by atoms with E-state index in [1.807, 2.05) is 35.7 Å². The van der Waals surface area contributed by atoms with Gasteiger partial charge in [-0.3, -0.25) is 0 Å². The third kappa shape index (κ3) is 3.74. The summed E-state index contributed by atoms with van der Waals surface area (Å²) in [5, 5.41) is 18.0. The van der Waals surface area contributed by atoms with E-state index in [0.29, 0.717) is 6.54 Å².